The highest BCUT2D eigenvalue weighted by Crippen LogP contribution is 2.33. The smallest absolute Gasteiger partial charge is 0.269 e. The second-order valence-electron chi connectivity index (χ2n) is 5.46. The maximum atomic E-state index is 10.9. The molecule has 104 valence electrons. The lowest BCUT2D eigenvalue weighted by Gasteiger charge is -2.42. The van der Waals surface area contributed by atoms with Crippen molar-refractivity contribution < 1.29 is 4.92 Å². The number of nitro benzene ring substituents is 1. The summed E-state index contributed by atoms with van der Waals surface area (Å²) in [6.45, 7) is 6.55. The summed E-state index contributed by atoms with van der Waals surface area (Å²) in [5.41, 5.74) is 2.44. The van der Waals surface area contributed by atoms with Crippen LogP contribution in [0.2, 0.25) is 0 Å². The number of aryl methyl sites for hydroxylation is 1. The molecule has 1 fully saturated rings. The molecule has 0 unspecified atom stereocenters. The number of anilines is 1. The van der Waals surface area contributed by atoms with Crippen LogP contribution < -0.4 is 4.90 Å². The zero-order chi connectivity index (χ0) is 14.0. The number of hydrogen-bond donors (Lipinski definition) is 0. The molecular weight excluding hydrogens is 240 g/mol. The lowest BCUT2D eigenvalue weighted by atomic mass is 9.95. The minimum Gasteiger partial charge on any atom is -0.366 e. The first-order valence-electron chi connectivity index (χ1n) is 7.10. The molecule has 4 nitrogen and oxygen atoms in total. The van der Waals surface area contributed by atoms with Crippen LogP contribution in [0.5, 0.6) is 0 Å². The number of hydrogen-bond acceptors (Lipinski definition) is 3. The van der Waals surface area contributed by atoms with Gasteiger partial charge in [0, 0.05) is 29.9 Å². The molecule has 1 heterocycles. The van der Waals surface area contributed by atoms with Gasteiger partial charge in [-0.05, 0) is 51.2 Å². The summed E-state index contributed by atoms with van der Waals surface area (Å²) in [6, 6.07) is 6.30. The monoisotopic (exact) mass is 262 g/mol. The average molecular weight is 262 g/mol. The fourth-order valence-electron chi connectivity index (χ4n) is 3.12. The summed E-state index contributed by atoms with van der Waals surface area (Å²) >= 11 is 0. The Hall–Kier alpha value is -1.58. The van der Waals surface area contributed by atoms with Crippen LogP contribution in [0.4, 0.5) is 11.4 Å². The highest BCUT2D eigenvalue weighted by atomic mass is 16.6. The first kappa shape index (κ1) is 13.8. The third-order valence-corrected chi connectivity index (χ3v) is 4.13. The zero-order valence-corrected chi connectivity index (χ0v) is 11.9. The van der Waals surface area contributed by atoms with Gasteiger partial charge in [-0.3, -0.25) is 10.1 Å². The molecule has 1 aliphatic heterocycles. The SMILES string of the molecule is CCc1cc([N+](=O)[O-])ccc1N1[C@H](C)CCC[C@@H]1C. The van der Waals surface area contributed by atoms with Gasteiger partial charge >= 0.3 is 0 Å². The van der Waals surface area contributed by atoms with Crippen LogP contribution in [-0.2, 0) is 6.42 Å². The maximum Gasteiger partial charge on any atom is 0.269 e. The largest absolute Gasteiger partial charge is 0.366 e. The van der Waals surface area contributed by atoms with Crippen molar-refractivity contribution in [2.75, 3.05) is 4.90 Å². The van der Waals surface area contributed by atoms with Gasteiger partial charge in [0.25, 0.3) is 5.69 Å². The van der Waals surface area contributed by atoms with Gasteiger partial charge in [-0.15, -0.1) is 0 Å². The van der Waals surface area contributed by atoms with E-state index in [2.05, 4.69) is 25.7 Å². The maximum absolute atomic E-state index is 10.9. The third-order valence-electron chi connectivity index (χ3n) is 4.13. The van der Waals surface area contributed by atoms with E-state index >= 15 is 0 Å². The molecule has 0 aliphatic carbocycles. The molecule has 2 rings (SSSR count). The number of nitro groups is 1. The molecule has 0 amide bonds. The van der Waals surface area contributed by atoms with Gasteiger partial charge in [0.05, 0.1) is 4.92 Å². The van der Waals surface area contributed by atoms with Crippen LogP contribution in [0.25, 0.3) is 0 Å². The van der Waals surface area contributed by atoms with Gasteiger partial charge in [0.2, 0.25) is 0 Å². The molecule has 4 heteroatoms. The Kier molecular flexibility index (Phi) is 4.08. The molecule has 0 saturated carbocycles. The molecule has 1 aliphatic rings. The average Bonchev–Trinajstić information content (AvgIpc) is 2.38. The Morgan fingerprint density at radius 1 is 1.32 bits per heavy atom. The second kappa shape index (κ2) is 5.59. The molecule has 0 radical (unpaired) electrons. The molecule has 0 bridgehead atoms. The van der Waals surface area contributed by atoms with Gasteiger partial charge < -0.3 is 4.90 Å². The quantitative estimate of drug-likeness (QED) is 0.612. The lowest BCUT2D eigenvalue weighted by molar-refractivity contribution is -0.384. The van der Waals surface area contributed by atoms with Crippen molar-refractivity contribution in [2.45, 2.75) is 58.5 Å². The van der Waals surface area contributed by atoms with E-state index in [0.717, 1.165) is 12.0 Å². The van der Waals surface area contributed by atoms with E-state index in [9.17, 15) is 10.1 Å². The Morgan fingerprint density at radius 2 is 1.95 bits per heavy atom. The van der Waals surface area contributed by atoms with Crippen molar-refractivity contribution in [2.24, 2.45) is 0 Å². The first-order chi connectivity index (χ1) is 9.04. The van der Waals surface area contributed by atoms with Crippen LogP contribution in [0, 0.1) is 10.1 Å². The van der Waals surface area contributed by atoms with E-state index in [1.165, 1.54) is 24.9 Å². The highest BCUT2D eigenvalue weighted by molar-refractivity contribution is 5.59. The van der Waals surface area contributed by atoms with Crippen LogP contribution in [-0.4, -0.2) is 17.0 Å². The number of nitrogens with zero attached hydrogens (tertiary/aromatic N) is 2. The molecule has 0 spiro atoms. The zero-order valence-electron chi connectivity index (χ0n) is 11.9. The molecule has 0 aromatic heterocycles. The summed E-state index contributed by atoms with van der Waals surface area (Å²) in [5, 5.41) is 10.9. The van der Waals surface area contributed by atoms with E-state index in [4.69, 9.17) is 0 Å². The van der Waals surface area contributed by atoms with Gasteiger partial charge in [0.1, 0.15) is 0 Å². The Labute approximate surface area is 114 Å². The number of benzene rings is 1. The standard InChI is InChI=1S/C15H22N2O2/c1-4-13-10-14(17(18)19)8-9-15(13)16-11(2)6-5-7-12(16)3/h8-12H,4-7H2,1-3H3/t11-,12+. The first-order valence-corrected chi connectivity index (χ1v) is 7.10. The van der Waals surface area contributed by atoms with Crippen molar-refractivity contribution in [1.29, 1.82) is 0 Å². The van der Waals surface area contributed by atoms with Crippen LogP contribution >= 0.6 is 0 Å². The molecule has 0 N–H and O–H groups in total. The van der Waals surface area contributed by atoms with Crippen LogP contribution in [0.15, 0.2) is 18.2 Å². The van der Waals surface area contributed by atoms with Gasteiger partial charge in [-0.1, -0.05) is 6.92 Å². The van der Waals surface area contributed by atoms with Crippen molar-refractivity contribution >= 4 is 11.4 Å². The molecule has 1 aromatic carbocycles. The predicted octanol–water partition coefficient (Wildman–Crippen LogP) is 3.92. The van der Waals surface area contributed by atoms with Crippen molar-refractivity contribution in [3.63, 3.8) is 0 Å². The van der Waals surface area contributed by atoms with E-state index < -0.39 is 0 Å². The number of rotatable bonds is 3. The summed E-state index contributed by atoms with van der Waals surface area (Å²) in [4.78, 5) is 13.0. The van der Waals surface area contributed by atoms with Gasteiger partial charge in [-0.25, -0.2) is 0 Å². The summed E-state index contributed by atoms with van der Waals surface area (Å²) in [5.74, 6) is 0. The highest BCUT2D eigenvalue weighted by Gasteiger charge is 2.26. The van der Waals surface area contributed by atoms with Crippen molar-refractivity contribution in [3.8, 4) is 0 Å². The number of non-ortho nitro benzene ring substituents is 1. The minimum absolute atomic E-state index is 0.193. The fraction of sp³-hybridized carbons (Fsp3) is 0.600. The molecule has 2 atom stereocenters. The second-order valence-corrected chi connectivity index (χ2v) is 5.46. The van der Waals surface area contributed by atoms with E-state index in [0.29, 0.717) is 12.1 Å². The van der Waals surface area contributed by atoms with Crippen molar-refractivity contribution in [1.82, 2.24) is 0 Å². The van der Waals surface area contributed by atoms with E-state index in [-0.39, 0.29) is 10.6 Å². The number of piperidine rings is 1. The summed E-state index contributed by atoms with van der Waals surface area (Å²) < 4.78 is 0. The summed E-state index contributed by atoms with van der Waals surface area (Å²) in [6.07, 6.45) is 4.50. The topological polar surface area (TPSA) is 46.4 Å². The van der Waals surface area contributed by atoms with Crippen molar-refractivity contribution in [3.05, 3.63) is 33.9 Å². The normalized spacial score (nSPS) is 23.4. The molecule has 19 heavy (non-hydrogen) atoms. The molecule has 1 saturated heterocycles. The minimum atomic E-state index is -0.313. The van der Waals surface area contributed by atoms with Crippen LogP contribution in [0.1, 0.15) is 45.6 Å². The molecular formula is C15H22N2O2. The van der Waals surface area contributed by atoms with Gasteiger partial charge in [0.15, 0.2) is 0 Å². The van der Waals surface area contributed by atoms with Gasteiger partial charge in [-0.2, -0.15) is 0 Å². The Morgan fingerprint density at radius 3 is 2.47 bits per heavy atom. The van der Waals surface area contributed by atoms with Crippen LogP contribution in [0.3, 0.4) is 0 Å². The summed E-state index contributed by atoms with van der Waals surface area (Å²) in [7, 11) is 0. The lowest BCUT2D eigenvalue weighted by Crippen LogP contribution is -2.44. The van der Waals surface area contributed by atoms with E-state index in [1.807, 2.05) is 6.07 Å². The Bertz CT molecular complexity index is 463. The predicted molar refractivity (Wildman–Crippen MR) is 77.7 cm³/mol. The molecule has 1 aromatic rings. The fourth-order valence-corrected chi connectivity index (χ4v) is 3.12. The van der Waals surface area contributed by atoms with E-state index in [1.54, 1.807) is 12.1 Å². The third kappa shape index (κ3) is 2.72. The Balaban J connectivity index is 2.40.